The summed E-state index contributed by atoms with van der Waals surface area (Å²) in [4.78, 5) is 9.18. The van der Waals surface area contributed by atoms with Crippen molar-refractivity contribution in [2.75, 3.05) is 6.61 Å². The maximum absolute atomic E-state index is 9.18. The van der Waals surface area contributed by atoms with Crippen molar-refractivity contribution >= 4 is 6.47 Å². The molecule has 0 radical (unpaired) electrons. The van der Waals surface area contributed by atoms with Crippen LogP contribution in [0, 0.1) is 0 Å². The van der Waals surface area contributed by atoms with E-state index in [0.717, 1.165) is 0 Å². The molecule has 1 aliphatic carbocycles. The van der Waals surface area contributed by atoms with Crippen LogP contribution in [0.3, 0.4) is 0 Å². The van der Waals surface area contributed by atoms with Gasteiger partial charge in [-0.3, -0.25) is 4.79 Å². The summed E-state index contributed by atoms with van der Waals surface area (Å²) in [5.41, 5.74) is 3.10. The predicted molar refractivity (Wildman–Crippen MR) is 51.5 cm³/mol. The number of benzene rings is 1. The van der Waals surface area contributed by atoms with Gasteiger partial charge in [0.2, 0.25) is 0 Å². The molecule has 2 heteroatoms. The molecular weight excluding hydrogens is 164 g/mol. The standard InChI is InChI=1S/C8H8.C3H6O2/c1-2-4-8-6-5-7(8)3-1;1-2-5-3-4/h1-4H,5-6H2;3H,2H2,1H3. The molecule has 0 aliphatic heterocycles. The van der Waals surface area contributed by atoms with Crippen LogP contribution in [0.4, 0.5) is 0 Å². The van der Waals surface area contributed by atoms with Gasteiger partial charge >= 0.3 is 0 Å². The van der Waals surface area contributed by atoms with Gasteiger partial charge in [-0.05, 0) is 30.9 Å². The van der Waals surface area contributed by atoms with E-state index in [-0.39, 0.29) is 0 Å². The number of hydrogen-bond donors (Lipinski definition) is 0. The molecule has 2 rings (SSSR count). The third kappa shape index (κ3) is 2.90. The smallest absolute Gasteiger partial charge is 0.293 e. The monoisotopic (exact) mass is 178 g/mol. The van der Waals surface area contributed by atoms with Crippen molar-refractivity contribution in [1.82, 2.24) is 0 Å². The van der Waals surface area contributed by atoms with Gasteiger partial charge in [0.25, 0.3) is 6.47 Å². The fourth-order valence-electron chi connectivity index (χ4n) is 1.21. The second kappa shape index (κ2) is 5.36. The van der Waals surface area contributed by atoms with Gasteiger partial charge in [-0.2, -0.15) is 0 Å². The van der Waals surface area contributed by atoms with Gasteiger partial charge in [-0.1, -0.05) is 24.3 Å². The fraction of sp³-hybridized carbons (Fsp3) is 0.364. The van der Waals surface area contributed by atoms with E-state index in [2.05, 4.69) is 29.0 Å². The number of hydrogen-bond acceptors (Lipinski definition) is 2. The molecule has 2 nitrogen and oxygen atoms in total. The number of rotatable bonds is 2. The quantitative estimate of drug-likeness (QED) is 0.647. The Hall–Kier alpha value is -1.31. The SMILES string of the molecule is CCOC=O.c1ccc2c(c1)CC2. The maximum Gasteiger partial charge on any atom is 0.293 e. The van der Waals surface area contributed by atoms with Crippen LogP contribution in [0.1, 0.15) is 18.1 Å². The van der Waals surface area contributed by atoms with Crippen LogP contribution in [0.2, 0.25) is 0 Å². The number of aryl methyl sites for hydroxylation is 2. The van der Waals surface area contributed by atoms with E-state index >= 15 is 0 Å². The summed E-state index contributed by atoms with van der Waals surface area (Å²) < 4.78 is 4.15. The third-order valence-electron chi connectivity index (χ3n) is 2.02. The summed E-state index contributed by atoms with van der Waals surface area (Å²) in [6.07, 6.45) is 2.60. The zero-order chi connectivity index (χ0) is 9.52. The minimum Gasteiger partial charge on any atom is -0.468 e. The van der Waals surface area contributed by atoms with E-state index in [1.165, 1.54) is 12.8 Å². The largest absolute Gasteiger partial charge is 0.468 e. The molecule has 0 amide bonds. The molecule has 1 aromatic carbocycles. The summed E-state index contributed by atoms with van der Waals surface area (Å²) in [6.45, 7) is 2.66. The van der Waals surface area contributed by atoms with Gasteiger partial charge in [0.1, 0.15) is 0 Å². The van der Waals surface area contributed by atoms with E-state index in [4.69, 9.17) is 0 Å². The van der Waals surface area contributed by atoms with Crippen LogP contribution in [-0.4, -0.2) is 13.1 Å². The Morgan fingerprint density at radius 1 is 1.31 bits per heavy atom. The van der Waals surface area contributed by atoms with Crippen LogP contribution in [0.5, 0.6) is 0 Å². The lowest BCUT2D eigenvalue weighted by molar-refractivity contribution is -0.128. The molecule has 0 aromatic heterocycles. The molecule has 0 unspecified atom stereocenters. The molecule has 70 valence electrons. The molecule has 0 saturated carbocycles. The molecule has 0 saturated heterocycles. The number of ether oxygens (including phenoxy) is 1. The van der Waals surface area contributed by atoms with Crippen molar-refractivity contribution in [1.29, 1.82) is 0 Å². The van der Waals surface area contributed by atoms with Crippen LogP contribution < -0.4 is 0 Å². The molecular formula is C11H14O2. The summed E-state index contributed by atoms with van der Waals surface area (Å²) in [7, 11) is 0. The first-order valence-corrected chi connectivity index (χ1v) is 4.50. The summed E-state index contributed by atoms with van der Waals surface area (Å²) in [5, 5.41) is 0. The van der Waals surface area contributed by atoms with Crippen molar-refractivity contribution in [2.24, 2.45) is 0 Å². The molecule has 0 fully saturated rings. The van der Waals surface area contributed by atoms with Crippen molar-refractivity contribution in [3.05, 3.63) is 35.4 Å². The van der Waals surface area contributed by atoms with Gasteiger partial charge < -0.3 is 4.74 Å². The summed E-state index contributed by atoms with van der Waals surface area (Å²) >= 11 is 0. The topological polar surface area (TPSA) is 26.3 Å². The van der Waals surface area contributed by atoms with Crippen molar-refractivity contribution in [3.63, 3.8) is 0 Å². The van der Waals surface area contributed by atoms with E-state index in [0.29, 0.717) is 13.1 Å². The zero-order valence-corrected chi connectivity index (χ0v) is 7.82. The van der Waals surface area contributed by atoms with Crippen LogP contribution in [-0.2, 0) is 22.4 Å². The van der Waals surface area contributed by atoms with Gasteiger partial charge in [0.15, 0.2) is 0 Å². The second-order valence-electron chi connectivity index (χ2n) is 2.82. The third-order valence-corrected chi connectivity index (χ3v) is 2.02. The Morgan fingerprint density at radius 3 is 2.00 bits per heavy atom. The van der Waals surface area contributed by atoms with Gasteiger partial charge in [0, 0.05) is 0 Å². The Kier molecular flexibility index (Phi) is 4.03. The van der Waals surface area contributed by atoms with Crippen LogP contribution >= 0.6 is 0 Å². The lowest BCUT2D eigenvalue weighted by Gasteiger charge is -2.16. The average Bonchev–Trinajstić information content (AvgIpc) is 2.10. The summed E-state index contributed by atoms with van der Waals surface area (Å²) in [6, 6.07) is 8.63. The summed E-state index contributed by atoms with van der Waals surface area (Å²) in [5.74, 6) is 0. The second-order valence-corrected chi connectivity index (χ2v) is 2.82. The number of fused-ring (bicyclic) bond motifs is 1. The molecule has 0 heterocycles. The van der Waals surface area contributed by atoms with E-state index in [9.17, 15) is 4.79 Å². The Morgan fingerprint density at radius 2 is 1.85 bits per heavy atom. The van der Waals surface area contributed by atoms with Gasteiger partial charge in [-0.15, -0.1) is 0 Å². The zero-order valence-electron chi connectivity index (χ0n) is 7.82. The van der Waals surface area contributed by atoms with E-state index in [1.807, 2.05) is 0 Å². The highest BCUT2D eigenvalue weighted by Gasteiger charge is 2.09. The Balaban J connectivity index is 0.000000149. The van der Waals surface area contributed by atoms with Crippen LogP contribution in [0.15, 0.2) is 24.3 Å². The normalized spacial score (nSPS) is 11.5. The van der Waals surface area contributed by atoms with Crippen molar-refractivity contribution in [3.8, 4) is 0 Å². The highest BCUT2D eigenvalue weighted by Crippen LogP contribution is 2.20. The highest BCUT2D eigenvalue weighted by molar-refractivity contribution is 5.36. The molecule has 1 aliphatic rings. The van der Waals surface area contributed by atoms with E-state index in [1.54, 1.807) is 18.1 Å². The first-order chi connectivity index (χ1) is 6.38. The highest BCUT2D eigenvalue weighted by atomic mass is 16.5. The van der Waals surface area contributed by atoms with Gasteiger partial charge in [-0.25, -0.2) is 0 Å². The molecule has 0 bridgehead atoms. The lowest BCUT2D eigenvalue weighted by atomic mass is 9.89. The maximum atomic E-state index is 9.18. The first-order valence-electron chi connectivity index (χ1n) is 4.50. The van der Waals surface area contributed by atoms with Crippen LogP contribution in [0.25, 0.3) is 0 Å². The number of carbonyl (C=O) groups excluding carboxylic acids is 1. The molecule has 0 atom stereocenters. The first kappa shape index (κ1) is 9.78. The lowest BCUT2D eigenvalue weighted by Crippen LogP contribution is -2.06. The molecule has 0 N–H and O–H groups in total. The predicted octanol–water partition coefficient (Wildman–Crippen LogP) is 1.96. The Labute approximate surface area is 78.5 Å². The molecule has 13 heavy (non-hydrogen) atoms. The number of carbonyl (C=O) groups is 1. The molecule has 1 aromatic rings. The van der Waals surface area contributed by atoms with Gasteiger partial charge in [0.05, 0.1) is 6.61 Å². The van der Waals surface area contributed by atoms with E-state index < -0.39 is 0 Å². The van der Waals surface area contributed by atoms with Crippen molar-refractivity contribution in [2.45, 2.75) is 19.8 Å². The minimum atomic E-state index is 0.431. The fourth-order valence-corrected chi connectivity index (χ4v) is 1.21. The molecule has 0 spiro atoms. The minimum absolute atomic E-state index is 0.431. The van der Waals surface area contributed by atoms with Crippen molar-refractivity contribution < 1.29 is 9.53 Å². The Bertz CT molecular complexity index is 246. The average molecular weight is 178 g/mol.